The maximum Gasteiger partial charge on any atom is 0.252 e. The number of carbonyl (C=O) groups excluding carboxylic acids is 2. The number of carbonyl (C=O) groups is 2. The fraction of sp³-hybridized carbons (Fsp3) is 0.222. The van der Waals surface area contributed by atoms with Gasteiger partial charge in [-0.3, -0.25) is 14.5 Å². The molecule has 1 saturated heterocycles. The standard InChI is InChI=1S/C27H25N3O4S/c1-17-7-10-20(11-8-17)28-25(31)14-22-26(32)29(15-19-9-12-23-24(13-19)34-16-33-23)27(35)30(22)21-6-4-3-5-18(21)2/h3-13,22H,14-16H2,1-2H3,(H,28,31). The van der Waals surface area contributed by atoms with Crippen LogP contribution in [-0.4, -0.2) is 34.7 Å². The molecule has 0 bridgehead atoms. The fourth-order valence-corrected chi connectivity index (χ4v) is 4.70. The lowest BCUT2D eigenvalue weighted by Gasteiger charge is -2.25. The molecule has 5 rings (SSSR count). The minimum absolute atomic E-state index is 0.0289. The molecular weight excluding hydrogens is 462 g/mol. The molecule has 1 atom stereocenters. The first-order valence-electron chi connectivity index (χ1n) is 11.4. The second-order valence-corrected chi connectivity index (χ2v) is 9.05. The van der Waals surface area contributed by atoms with Crippen molar-refractivity contribution in [3.8, 4) is 11.5 Å². The molecule has 0 saturated carbocycles. The molecule has 178 valence electrons. The second-order valence-electron chi connectivity index (χ2n) is 8.69. The Hall–Kier alpha value is -3.91. The highest BCUT2D eigenvalue weighted by Crippen LogP contribution is 2.35. The molecule has 2 amide bonds. The van der Waals surface area contributed by atoms with Crippen molar-refractivity contribution in [2.75, 3.05) is 17.0 Å². The lowest BCUT2D eigenvalue weighted by Crippen LogP contribution is -2.38. The molecule has 2 aliphatic rings. The predicted molar refractivity (Wildman–Crippen MR) is 138 cm³/mol. The zero-order valence-electron chi connectivity index (χ0n) is 19.5. The van der Waals surface area contributed by atoms with Crippen LogP contribution in [0.1, 0.15) is 23.1 Å². The van der Waals surface area contributed by atoms with E-state index >= 15 is 0 Å². The third kappa shape index (κ3) is 4.57. The number of anilines is 2. The third-order valence-electron chi connectivity index (χ3n) is 6.17. The number of hydrogen-bond donors (Lipinski definition) is 1. The summed E-state index contributed by atoms with van der Waals surface area (Å²) in [6, 6.07) is 20.1. The van der Waals surface area contributed by atoms with Gasteiger partial charge in [-0.2, -0.15) is 0 Å². The Morgan fingerprint density at radius 3 is 2.54 bits per heavy atom. The molecule has 35 heavy (non-hydrogen) atoms. The van der Waals surface area contributed by atoms with Crippen molar-refractivity contribution in [3.63, 3.8) is 0 Å². The minimum Gasteiger partial charge on any atom is -0.454 e. The summed E-state index contributed by atoms with van der Waals surface area (Å²) in [7, 11) is 0. The minimum atomic E-state index is -0.747. The van der Waals surface area contributed by atoms with E-state index in [9.17, 15) is 9.59 Å². The largest absolute Gasteiger partial charge is 0.454 e. The summed E-state index contributed by atoms with van der Waals surface area (Å²) in [4.78, 5) is 30.0. The Bertz CT molecular complexity index is 1310. The number of fused-ring (bicyclic) bond motifs is 1. The first-order chi connectivity index (χ1) is 16.9. The van der Waals surface area contributed by atoms with Gasteiger partial charge in [-0.15, -0.1) is 0 Å². The highest BCUT2D eigenvalue weighted by molar-refractivity contribution is 7.80. The molecule has 0 radical (unpaired) electrons. The van der Waals surface area contributed by atoms with Gasteiger partial charge in [0.1, 0.15) is 6.04 Å². The van der Waals surface area contributed by atoms with Crippen molar-refractivity contribution in [1.82, 2.24) is 4.90 Å². The zero-order valence-corrected chi connectivity index (χ0v) is 20.3. The first kappa shape index (κ1) is 22.9. The summed E-state index contributed by atoms with van der Waals surface area (Å²) in [6.45, 7) is 4.40. The second kappa shape index (κ2) is 9.38. The maximum atomic E-state index is 13.6. The number of para-hydroxylation sites is 1. The summed E-state index contributed by atoms with van der Waals surface area (Å²) < 4.78 is 10.9. The number of benzene rings is 3. The number of hydrogen-bond acceptors (Lipinski definition) is 5. The van der Waals surface area contributed by atoms with Gasteiger partial charge in [0, 0.05) is 11.4 Å². The Balaban J connectivity index is 1.41. The van der Waals surface area contributed by atoms with Crippen LogP contribution in [0.15, 0.2) is 66.7 Å². The maximum absolute atomic E-state index is 13.6. The molecule has 0 aliphatic carbocycles. The van der Waals surface area contributed by atoms with Crippen LogP contribution in [0.2, 0.25) is 0 Å². The van der Waals surface area contributed by atoms with Gasteiger partial charge >= 0.3 is 0 Å². The first-order valence-corrected chi connectivity index (χ1v) is 11.8. The van der Waals surface area contributed by atoms with Crippen LogP contribution in [0.4, 0.5) is 11.4 Å². The fourth-order valence-electron chi connectivity index (χ4n) is 4.32. The number of nitrogens with one attached hydrogen (secondary N) is 1. The smallest absolute Gasteiger partial charge is 0.252 e. The molecule has 1 unspecified atom stereocenters. The van der Waals surface area contributed by atoms with Crippen LogP contribution in [0, 0.1) is 13.8 Å². The molecule has 7 nitrogen and oxygen atoms in total. The number of rotatable bonds is 6. The highest BCUT2D eigenvalue weighted by atomic mass is 32.1. The number of amides is 2. The Morgan fingerprint density at radius 1 is 1.03 bits per heavy atom. The SMILES string of the molecule is Cc1ccc(NC(=O)CC2C(=O)N(Cc3ccc4c(c3)OCO4)C(=S)N2c2ccccc2C)cc1. The molecule has 8 heteroatoms. The van der Waals surface area contributed by atoms with E-state index in [1.54, 1.807) is 9.80 Å². The topological polar surface area (TPSA) is 71.1 Å². The molecule has 2 aliphatic heterocycles. The monoisotopic (exact) mass is 487 g/mol. The van der Waals surface area contributed by atoms with Gasteiger partial charge in [0.25, 0.3) is 5.91 Å². The van der Waals surface area contributed by atoms with Crippen LogP contribution < -0.4 is 19.7 Å². The lowest BCUT2D eigenvalue weighted by molar-refractivity contribution is -0.129. The van der Waals surface area contributed by atoms with Crippen molar-refractivity contribution in [2.45, 2.75) is 32.9 Å². The molecule has 0 aromatic heterocycles. The molecule has 3 aromatic carbocycles. The van der Waals surface area contributed by atoms with Crippen molar-refractivity contribution >= 4 is 40.5 Å². The Morgan fingerprint density at radius 2 is 1.77 bits per heavy atom. The Kier molecular flexibility index (Phi) is 6.13. The number of aryl methyl sites for hydroxylation is 2. The van der Waals surface area contributed by atoms with Gasteiger partial charge in [0.05, 0.1) is 13.0 Å². The Labute approximate surface area is 209 Å². The third-order valence-corrected chi connectivity index (χ3v) is 6.58. The van der Waals surface area contributed by atoms with Gasteiger partial charge < -0.3 is 19.7 Å². The van der Waals surface area contributed by atoms with Crippen LogP contribution in [0.3, 0.4) is 0 Å². The average molecular weight is 488 g/mol. The molecule has 2 heterocycles. The van der Waals surface area contributed by atoms with Crippen molar-refractivity contribution in [2.24, 2.45) is 0 Å². The number of ether oxygens (including phenoxy) is 2. The van der Waals surface area contributed by atoms with Gasteiger partial charge in [-0.05, 0) is 67.5 Å². The van der Waals surface area contributed by atoms with Crippen LogP contribution in [-0.2, 0) is 16.1 Å². The van der Waals surface area contributed by atoms with Crippen LogP contribution >= 0.6 is 12.2 Å². The summed E-state index contributed by atoms with van der Waals surface area (Å²) in [5.41, 5.74) is 4.43. The quantitative estimate of drug-likeness (QED) is 0.514. The van der Waals surface area contributed by atoms with E-state index in [-0.39, 0.29) is 31.6 Å². The van der Waals surface area contributed by atoms with Crippen molar-refractivity contribution in [1.29, 1.82) is 0 Å². The van der Waals surface area contributed by atoms with Crippen LogP contribution in [0.25, 0.3) is 0 Å². The summed E-state index contributed by atoms with van der Waals surface area (Å²) in [5.74, 6) is 0.856. The molecule has 3 aromatic rings. The van der Waals surface area contributed by atoms with Crippen molar-refractivity contribution < 1.29 is 19.1 Å². The average Bonchev–Trinajstić information content (AvgIpc) is 3.39. The van der Waals surface area contributed by atoms with Crippen LogP contribution in [0.5, 0.6) is 11.5 Å². The van der Waals surface area contributed by atoms with Gasteiger partial charge in [0.2, 0.25) is 12.7 Å². The van der Waals surface area contributed by atoms with E-state index in [1.165, 1.54) is 0 Å². The van der Waals surface area contributed by atoms with E-state index in [1.807, 2.05) is 80.6 Å². The molecule has 0 spiro atoms. The summed E-state index contributed by atoms with van der Waals surface area (Å²) in [5, 5.41) is 3.27. The molecule has 1 N–H and O–H groups in total. The highest BCUT2D eigenvalue weighted by Gasteiger charge is 2.44. The van der Waals surface area contributed by atoms with Gasteiger partial charge in [0.15, 0.2) is 16.6 Å². The van der Waals surface area contributed by atoms with E-state index in [0.29, 0.717) is 22.3 Å². The number of nitrogens with zero attached hydrogens (tertiary/aromatic N) is 2. The lowest BCUT2D eigenvalue weighted by atomic mass is 10.1. The van der Waals surface area contributed by atoms with Gasteiger partial charge in [-0.1, -0.05) is 42.0 Å². The summed E-state index contributed by atoms with van der Waals surface area (Å²) >= 11 is 5.80. The summed E-state index contributed by atoms with van der Waals surface area (Å²) in [6.07, 6.45) is -0.0289. The van der Waals surface area contributed by atoms with E-state index in [2.05, 4.69) is 5.32 Å². The predicted octanol–water partition coefficient (Wildman–Crippen LogP) is 4.56. The van der Waals surface area contributed by atoms with E-state index in [0.717, 1.165) is 22.4 Å². The zero-order chi connectivity index (χ0) is 24.5. The van der Waals surface area contributed by atoms with Crippen molar-refractivity contribution in [3.05, 3.63) is 83.4 Å². The molecule has 1 fully saturated rings. The number of thiocarbonyl (C=S) groups is 1. The normalized spacial score (nSPS) is 16.7. The van der Waals surface area contributed by atoms with E-state index < -0.39 is 6.04 Å². The van der Waals surface area contributed by atoms with E-state index in [4.69, 9.17) is 21.7 Å². The van der Waals surface area contributed by atoms with Gasteiger partial charge in [-0.25, -0.2) is 0 Å². The molecular formula is C27H25N3O4S.